The smallest absolute Gasteiger partial charge is 0.510 e. The summed E-state index contributed by atoms with van der Waals surface area (Å²) in [6.45, 7) is 0. The van der Waals surface area contributed by atoms with Crippen LogP contribution in [-0.2, 0) is 0 Å². The van der Waals surface area contributed by atoms with Gasteiger partial charge in [-0.15, -0.1) is 0 Å². The van der Waals surface area contributed by atoms with Crippen molar-refractivity contribution in [2.75, 3.05) is 0 Å². The highest BCUT2D eigenvalue weighted by molar-refractivity contribution is 6.33. The van der Waals surface area contributed by atoms with Crippen molar-refractivity contribution in [3.8, 4) is 17.0 Å². The van der Waals surface area contributed by atoms with Gasteiger partial charge in [0.05, 0.1) is 0 Å². The van der Waals surface area contributed by atoms with Crippen molar-refractivity contribution in [2.45, 2.75) is 0 Å². The van der Waals surface area contributed by atoms with Gasteiger partial charge in [0.25, 0.3) is 0 Å². The Morgan fingerprint density at radius 2 is 1.75 bits per heavy atom. The van der Waals surface area contributed by atoms with Crippen LogP contribution in [0.5, 0.6) is 5.75 Å². The number of aromatic nitrogens is 1. The minimum Gasteiger partial charge on any atom is -0.510 e. The van der Waals surface area contributed by atoms with Crippen LogP contribution in [-0.4, -0.2) is 22.4 Å². The Morgan fingerprint density at radius 3 is 2.44 bits per heavy atom. The molecular weight excluding hydrogens is 205 g/mol. The predicted molar refractivity (Wildman–Crippen MR) is 60.5 cm³/mol. The minimum absolute atomic E-state index is 0.337. The molecular formula is C11H10BNO3. The quantitative estimate of drug-likeness (QED) is 0.752. The molecule has 80 valence electrons. The number of pyridine rings is 1. The van der Waals surface area contributed by atoms with E-state index in [-0.39, 0.29) is 0 Å². The average Bonchev–Trinajstić information content (AvgIpc) is 2.30. The van der Waals surface area contributed by atoms with Gasteiger partial charge in [-0.1, -0.05) is 30.3 Å². The monoisotopic (exact) mass is 215 g/mol. The summed E-state index contributed by atoms with van der Waals surface area (Å²) in [5, 5.41) is 17.6. The number of hydrogen-bond acceptors (Lipinski definition) is 4. The van der Waals surface area contributed by atoms with Gasteiger partial charge in [-0.05, 0) is 12.1 Å². The lowest BCUT2D eigenvalue weighted by molar-refractivity contribution is 0.288. The van der Waals surface area contributed by atoms with E-state index in [1.54, 1.807) is 18.3 Å². The topological polar surface area (TPSA) is 62.6 Å². The van der Waals surface area contributed by atoms with Crippen molar-refractivity contribution in [2.24, 2.45) is 0 Å². The SMILES string of the molecule is OB(O)Oc1cccnc1-c1ccccc1. The van der Waals surface area contributed by atoms with Crippen molar-refractivity contribution >= 4 is 7.32 Å². The maximum Gasteiger partial charge on any atom is 0.707 e. The van der Waals surface area contributed by atoms with Crippen molar-refractivity contribution in [1.82, 2.24) is 4.98 Å². The lowest BCUT2D eigenvalue weighted by Gasteiger charge is -2.09. The second-order valence-corrected chi connectivity index (χ2v) is 3.16. The van der Waals surface area contributed by atoms with Crippen LogP contribution >= 0.6 is 0 Å². The molecule has 1 heterocycles. The minimum atomic E-state index is -1.84. The van der Waals surface area contributed by atoms with Gasteiger partial charge < -0.3 is 14.7 Å². The molecule has 0 bridgehead atoms. The Balaban J connectivity index is 2.41. The van der Waals surface area contributed by atoms with Crippen molar-refractivity contribution < 1.29 is 14.7 Å². The summed E-state index contributed by atoms with van der Waals surface area (Å²) in [6, 6.07) is 12.7. The van der Waals surface area contributed by atoms with E-state index in [2.05, 4.69) is 4.98 Å². The van der Waals surface area contributed by atoms with Gasteiger partial charge in [0.1, 0.15) is 11.4 Å². The zero-order valence-corrected chi connectivity index (χ0v) is 8.45. The molecule has 2 aromatic rings. The Bertz CT molecular complexity index is 462. The largest absolute Gasteiger partial charge is 0.707 e. The van der Waals surface area contributed by atoms with Crippen molar-refractivity contribution in [1.29, 1.82) is 0 Å². The average molecular weight is 215 g/mol. The van der Waals surface area contributed by atoms with Gasteiger partial charge in [0.15, 0.2) is 0 Å². The van der Waals surface area contributed by atoms with E-state index < -0.39 is 7.32 Å². The molecule has 1 aromatic carbocycles. The Hall–Kier alpha value is -1.85. The van der Waals surface area contributed by atoms with Crippen LogP contribution in [0.2, 0.25) is 0 Å². The Morgan fingerprint density at radius 1 is 1.00 bits per heavy atom. The molecule has 16 heavy (non-hydrogen) atoms. The molecule has 2 N–H and O–H groups in total. The van der Waals surface area contributed by atoms with Crippen LogP contribution in [0.1, 0.15) is 0 Å². The standard InChI is InChI=1S/C11H10BNO3/c14-12(15)16-10-7-4-8-13-11(10)9-5-2-1-3-6-9/h1-8,14-15H. The molecule has 1 aromatic heterocycles. The highest BCUT2D eigenvalue weighted by Gasteiger charge is 2.15. The second-order valence-electron chi connectivity index (χ2n) is 3.16. The lowest BCUT2D eigenvalue weighted by atomic mass is 10.1. The summed E-state index contributed by atoms with van der Waals surface area (Å²) in [5.41, 5.74) is 1.44. The fraction of sp³-hybridized carbons (Fsp3) is 0. The van der Waals surface area contributed by atoms with Gasteiger partial charge in [-0.3, -0.25) is 4.98 Å². The number of nitrogens with zero attached hydrogens (tertiary/aromatic N) is 1. The third-order valence-electron chi connectivity index (χ3n) is 2.05. The molecule has 0 saturated carbocycles. The van der Waals surface area contributed by atoms with Crippen LogP contribution in [0.15, 0.2) is 48.7 Å². The number of hydrogen-bond donors (Lipinski definition) is 2. The predicted octanol–water partition coefficient (Wildman–Crippen LogP) is 1.10. The molecule has 0 fully saturated rings. The molecule has 0 saturated heterocycles. The fourth-order valence-electron chi connectivity index (χ4n) is 1.41. The van der Waals surface area contributed by atoms with E-state index in [9.17, 15) is 0 Å². The fourth-order valence-corrected chi connectivity index (χ4v) is 1.41. The zero-order valence-electron chi connectivity index (χ0n) is 8.45. The molecule has 0 aliphatic heterocycles. The molecule has 5 heteroatoms. The van der Waals surface area contributed by atoms with E-state index in [4.69, 9.17) is 14.7 Å². The van der Waals surface area contributed by atoms with Gasteiger partial charge >= 0.3 is 7.32 Å². The summed E-state index contributed by atoms with van der Waals surface area (Å²) in [6.07, 6.45) is 1.62. The molecule has 4 nitrogen and oxygen atoms in total. The van der Waals surface area contributed by atoms with Gasteiger partial charge in [-0.25, -0.2) is 0 Å². The highest BCUT2D eigenvalue weighted by atomic mass is 16.6. The maximum absolute atomic E-state index is 8.78. The van der Waals surface area contributed by atoms with Crippen LogP contribution < -0.4 is 4.65 Å². The number of rotatable bonds is 3. The van der Waals surface area contributed by atoms with Crippen LogP contribution in [0, 0.1) is 0 Å². The van der Waals surface area contributed by atoms with Crippen LogP contribution in [0.4, 0.5) is 0 Å². The van der Waals surface area contributed by atoms with E-state index in [1.165, 1.54) is 0 Å². The van der Waals surface area contributed by atoms with Crippen LogP contribution in [0.3, 0.4) is 0 Å². The van der Waals surface area contributed by atoms with Gasteiger partial charge in [0, 0.05) is 11.8 Å². The van der Waals surface area contributed by atoms with E-state index in [0.29, 0.717) is 11.4 Å². The Kier molecular flexibility index (Phi) is 3.19. The summed E-state index contributed by atoms with van der Waals surface area (Å²) < 4.78 is 4.85. The number of benzene rings is 1. The molecule has 0 radical (unpaired) electrons. The highest BCUT2D eigenvalue weighted by Crippen LogP contribution is 2.26. The van der Waals surface area contributed by atoms with Crippen LogP contribution in [0.25, 0.3) is 11.3 Å². The first-order valence-corrected chi connectivity index (χ1v) is 4.80. The first-order chi connectivity index (χ1) is 7.77. The Labute approximate surface area is 93.3 Å². The van der Waals surface area contributed by atoms with Crippen molar-refractivity contribution in [3.63, 3.8) is 0 Å². The summed E-state index contributed by atoms with van der Waals surface area (Å²) >= 11 is 0. The van der Waals surface area contributed by atoms with E-state index in [0.717, 1.165) is 5.56 Å². The van der Waals surface area contributed by atoms with Gasteiger partial charge in [0.2, 0.25) is 0 Å². The maximum atomic E-state index is 8.78. The normalized spacial score (nSPS) is 9.88. The first-order valence-electron chi connectivity index (χ1n) is 4.80. The summed E-state index contributed by atoms with van der Waals surface area (Å²) in [7, 11) is -1.84. The molecule has 0 aliphatic carbocycles. The molecule has 2 rings (SSSR count). The molecule has 0 unspecified atom stereocenters. The van der Waals surface area contributed by atoms with E-state index in [1.807, 2.05) is 30.3 Å². The first kappa shape index (κ1) is 10.7. The summed E-state index contributed by atoms with van der Waals surface area (Å²) in [4.78, 5) is 4.15. The van der Waals surface area contributed by atoms with E-state index >= 15 is 0 Å². The zero-order chi connectivity index (χ0) is 11.4. The molecule has 0 atom stereocenters. The molecule has 0 spiro atoms. The molecule has 0 amide bonds. The van der Waals surface area contributed by atoms with Gasteiger partial charge in [-0.2, -0.15) is 0 Å². The third kappa shape index (κ3) is 2.39. The molecule has 0 aliphatic rings. The third-order valence-corrected chi connectivity index (χ3v) is 2.05. The summed E-state index contributed by atoms with van der Waals surface area (Å²) in [5.74, 6) is 0.337. The lowest BCUT2D eigenvalue weighted by Crippen LogP contribution is -2.21. The van der Waals surface area contributed by atoms with Crippen molar-refractivity contribution in [3.05, 3.63) is 48.7 Å². The second kappa shape index (κ2) is 4.78.